The third kappa shape index (κ3) is 2.27. The van der Waals surface area contributed by atoms with Gasteiger partial charge in [0.05, 0.1) is 11.3 Å². The molecule has 0 radical (unpaired) electrons. The van der Waals surface area contributed by atoms with Gasteiger partial charge in [-0.2, -0.15) is 0 Å². The normalized spacial score (nSPS) is 15.3. The number of aromatic hydroxyl groups is 1. The first kappa shape index (κ1) is 14.3. The van der Waals surface area contributed by atoms with Gasteiger partial charge in [-0.05, 0) is 50.3 Å². The Morgan fingerprint density at radius 2 is 2.29 bits per heavy atom. The van der Waals surface area contributed by atoms with Crippen LogP contribution in [0.5, 0.6) is 5.88 Å². The van der Waals surface area contributed by atoms with Crippen LogP contribution in [-0.4, -0.2) is 31.0 Å². The number of hydrogen-bond acceptors (Lipinski definition) is 4. The van der Waals surface area contributed by atoms with Crippen LogP contribution in [0.3, 0.4) is 0 Å². The van der Waals surface area contributed by atoms with E-state index in [0.717, 1.165) is 42.3 Å². The van der Waals surface area contributed by atoms with Crippen molar-refractivity contribution < 1.29 is 15.0 Å². The molecule has 0 bridgehead atoms. The topological polar surface area (TPSA) is 75.4 Å². The molecule has 0 saturated carbocycles. The fourth-order valence-electron chi connectivity index (χ4n) is 2.91. The molecule has 1 atom stereocenters. The highest BCUT2D eigenvalue weighted by atomic mass is 32.2. The summed E-state index contributed by atoms with van der Waals surface area (Å²) in [5.41, 5.74) is 4.10. The quantitative estimate of drug-likeness (QED) is 0.671. The van der Waals surface area contributed by atoms with Crippen LogP contribution in [0.2, 0.25) is 0 Å². The zero-order chi connectivity index (χ0) is 15.1. The lowest BCUT2D eigenvalue weighted by Gasteiger charge is -2.18. The van der Waals surface area contributed by atoms with Gasteiger partial charge in [0.2, 0.25) is 5.88 Å². The number of hydrogen-bond donors (Lipinski definition) is 2. The maximum Gasteiger partial charge on any atom is 0.316 e. The smallest absolute Gasteiger partial charge is 0.316 e. The van der Waals surface area contributed by atoms with Crippen LogP contribution < -0.4 is 0 Å². The molecule has 6 heteroatoms. The second-order valence-corrected chi connectivity index (χ2v) is 6.63. The molecule has 0 aromatic rings. The van der Waals surface area contributed by atoms with E-state index < -0.39 is 11.2 Å². The van der Waals surface area contributed by atoms with Gasteiger partial charge in [-0.3, -0.25) is 9.36 Å². The molecule has 3 rings (SSSR count). The van der Waals surface area contributed by atoms with Gasteiger partial charge in [0.15, 0.2) is 5.16 Å². The third-order valence-electron chi connectivity index (χ3n) is 4.00. The summed E-state index contributed by atoms with van der Waals surface area (Å²) in [6.07, 6.45) is 3.14. The fraction of sp³-hybridized carbons (Fsp3) is 0.467. The number of nitrogens with zero attached hydrogens (tertiary/aromatic N) is 2. The molecular formula is C15H18N2O3S. The van der Waals surface area contributed by atoms with Crippen molar-refractivity contribution in [2.45, 2.75) is 50.1 Å². The standard InChI is InChI=1S/C15H18N2O3S/c1-3-17-13(18)12-10-6-4-5-9(10)7-11(12)16-15(17)21-8(2)14(19)20/h7-8,18H,3-6H2,1-2H3,(H,19,20). The highest BCUT2D eigenvalue weighted by molar-refractivity contribution is 8.00. The fourth-order valence-corrected chi connectivity index (χ4v) is 3.82. The Labute approximate surface area is 127 Å². The zero-order valence-electron chi connectivity index (χ0n) is 12.1. The molecule has 0 saturated heterocycles. The summed E-state index contributed by atoms with van der Waals surface area (Å²) in [5.74, 6) is -0.667. The van der Waals surface area contributed by atoms with Crippen LogP contribution in [-0.2, 0) is 24.2 Å². The minimum absolute atomic E-state index is 0.214. The van der Waals surface area contributed by atoms with Gasteiger partial charge in [-0.1, -0.05) is 11.8 Å². The number of fused-ring (bicyclic) bond motifs is 3. The van der Waals surface area contributed by atoms with Crippen LogP contribution in [0.4, 0.5) is 0 Å². The lowest BCUT2D eigenvalue weighted by atomic mass is 10.1. The molecule has 21 heavy (non-hydrogen) atoms. The van der Waals surface area contributed by atoms with E-state index in [1.165, 1.54) is 11.1 Å². The molecule has 2 N–H and O–H groups in total. The number of carboxylic acid groups (broad SMARTS) is 1. The lowest BCUT2D eigenvalue weighted by molar-refractivity contribution is -0.136. The van der Waals surface area contributed by atoms with Gasteiger partial charge >= 0.3 is 5.97 Å². The molecule has 0 spiro atoms. The maximum absolute atomic E-state index is 11.0. The molecule has 0 amide bonds. The Kier molecular flexibility index (Phi) is 3.57. The van der Waals surface area contributed by atoms with E-state index in [4.69, 9.17) is 5.11 Å². The van der Waals surface area contributed by atoms with Crippen LogP contribution in [0.1, 0.15) is 31.4 Å². The lowest BCUT2D eigenvalue weighted by Crippen LogP contribution is -2.15. The van der Waals surface area contributed by atoms with Crippen molar-refractivity contribution in [3.63, 3.8) is 0 Å². The molecule has 1 heterocycles. The summed E-state index contributed by atoms with van der Waals surface area (Å²) < 4.78 is 1.70. The molecule has 0 aromatic carbocycles. The number of rotatable bonds is 4. The SMILES string of the molecule is CCn1c(SC(C)C(=O)O)nc2cc3c(c-2c1O)CCC3. The number of aromatic nitrogens is 2. The molecule has 2 aliphatic carbocycles. The van der Waals surface area contributed by atoms with E-state index in [1.54, 1.807) is 11.5 Å². The first-order valence-electron chi connectivity index (χ1n) is 7.16. The van der Waals surface area contributed by atoms with Crippen LogP contribution in [0.25, 0.3) is 11.3 Å². The minimum atomic E-state index is -0.881. The summed E-state index contributed by atoms with van der Waals surface area (Å²) in [5, 5.41) is 19.6. The van der Waals surface area contributed by atoms with Gasteiger partial charge in [-0.25, -0.2) is 4.98 Å². The van der Waals surface area contributed by atoms with Crippen molar-refractivity contribution in [1.82, 2.24) is 9.55 Å². The minimum Gasteiger partial charge on any atom is -0.494 e. The summed E-state index contributed by atoms with van der Waals surface area (Å²) >= 11 is 1.16. The van der Waals surface area contributed by atoms with E-state index in [-0.39, 0.29) is 5.88 Å². The van der Waals surface area contributed by atoms with E-state index in [0.29, 0.717) is 11.7 Å². The molecule has 5 nitrogen and oxygen atoms in total. The number of carbonyl (C=O) groups is 1. The van der Waals surface area contributed by atoms with E-state index in [2.05, 4.69) is 4.98 Å². The molecule has 3 aliphatic rings. The summed E-state index contributed by atoms with van der Waals surface area (Å²) in [7, 11) is 0. The van der Waals surface area contributed by atoms with Crippen LogP contribution >= 0.6 is 11.8 Å². The van der Waals surface area contributed by atoms with Gasteiger partial charge in [-0.15, -0.1) is 0 Å². The molecule has 0 aromatic heterocycles. The van der Waals surface area contributed by atoms with Gasteiger partial charge in [0, 0.05) is 6.54 Å². The first-order chi connectivity index (χ1) is 10.0. The summed E-state index contributed by atoms with van der Waals surface area (Å²) in [4.78, 5) is 15.6. The zero-order valence-corrected chi connectivity index (χ0v) is 12.9. The average molecular weight is 306 g/mol. The van der Waals surface area contributed by atoms with Gasteiger partial charge < -0.3 is 10.2 Å². The second-order valence-electron chi connectivity index (χ2n) is 5.32. The first-order valence-corrected chi connectivity index (χ1v) is 8.04. The van der Waals surface area contributed by atoms with Crippen molar-refractivity contribution in [3.05, 3.63) is 17.2 Å². The third-order valence-corrected chi connectivity index (χ3v) is 5.08. The van der Waals surface area contributed by atoms with Crippen molar-refractivity contribution in [1.29, 1.82) is 0 Å². The van der Waals surface area contributed by atoms with E-state index >= 15 is 0 Å². The molecule has 0 fully saturated rings. The molecule has 112 valence electrons. The van der Waals surface area contributed by atoms with Crippen molar-refractivity contribution in [2.75, 3.05) is 0 Å². The molecule has 1 aliphatic heterocycles. The predicted octanol–water partition coefficient (Wildman–Crippen LogP) is 2.77. The number of aliphatic carboxylic acids is 1. The largest absolute Gasteiger partial charge is 0.494 e. The van der Waals surface area contributed by atoms with Crippen LogP contribution in [0.15, 0.2) is 11.2 Å². The molecule has 1 unspecified atom stereocenters. The summed E-state index contributed by atoms with van der Waals surface area (Å²) in [6.45, 7) is 4.11. The Bertz CT molecular complexity index is 680. The maximum atomic E-state index is 11.0. The number of thioether (sulfide) groups is 1. The summed E-state index contributed by atoms with van der Waals surface area (Å²) in [6, 6.07) is 2.03. The van der Waals surface area contributed by atoms with E-state index in [1.807, 2.05) is 13.0 Å². The molecular weight excluding hydrogens is 288 g/mol. The average Bonchev–Trinajstić information content (AvgIpc) is 2.98. The van der Waals surface area contributed by atoms with Crippen molar-refractivity contribution >= 4 is 17.7 Å². The predicted molar refractivity (Wildman–Crippen MR) is 81.2 cm³/mol. The number of carboxylic acids is 1. The van der Waals surface area contributed by atoms with Gasteiger partial charge in [0.1, 0.15) is 5.25 Å². The highest BCUT2D eigenvalue weighted by Gasteiger charge is 2.28. The van der Waals surface area contributed by atoms with E-state index in [9.17, 15) is 9.90 Å². The Morgan fingerprint density at radius 3 is 2.95 bits per heavy atom. The second kappa shape index (κ2) is 5.26. The Balaban J connectivity index is 2.13. The van der Waals surface area contributed by atoms with Gasteiger partial charge in [0.25, 0.3) is 0 Å². The Hall–Kier alpha value is -1.69. The number of aryl methyl sites for hydroxylation is 1. The van der Waals surface area contributed by atoms with Crippen molar-refractivity contribution in [2.24, 2.45) is 0 Å². The van der Waals surface area contributed by atoms with Crippen LogP contribution in [0, 0.1) is 0 Å². The Morgan fingerprint density at radius 1 is 1.52 bits per heavy atom. The monoisotopic (exact) mass is 306 g/mol. The highest BCUT2D eigenvalue weighted by Crippen LogP contribution is 2.43. The van der Waals surface area contributed by atoms with Crippen molar-refractivity contribution in [3.8, 4) is 17.1 Å².